The van der Waals surface area contributed by atoms with Gasteiger partial charge in [0.15, 0.2) is 0 Å². The molecule has 0 fully saturated rings. The fourth-order valence-electron chi connectivity index (χ4n) is 1.32. The Morgan fingerprint density at radius 3 is 2.40 bits per heavy atom. The highest BCUT2D eigenvalue weighted by Crippen LogP contribution is 2.07. The highest BCUT2D eigenvalue weighted by atomic mass is 16.6. The van der Waals surface area contributed by atoms with E-state index in [9.17, 15) is 15.2 Å². The Morgan fingerprint density at radius 1 is 1.33 bits per heavy atom. The Labute approximate surface area is 87.1 Å². The molecular weight excluding hydrogens is 198 g/mol. The van der Waals surface area contributed by atoms with Crippen LogP contribution >= 0.6 is 0 Å². The van der Waals surface area contributed by atoms with Gasteiger partial charge in [-0.15, -0.1) is 0 Å². The molecule has 5 heteroatoms. The molecule has 0 saturated carbocycles. The molecule has 0 aliphatic heterocycles. The third-order valence-corrected chi connectivity index (χ3v) is 2.19. The van der Waals surface area contributed by atoms with Crippen molar-refractivity contribution < 1.29 is 15.1 Å². The predicted molar refractivity (Wildman–Crippen MR) is 54.0 cm³/mol. The van der Waals surface area contributed by atoms with E-state index in [-0.39, 0.29) is 6.42 Å². The van der Waals surface area contributed by atoms with Crippen molar-refractivity contribution in [3.63, 3.8) is 0 Å². The molecule has 0 aromatic heterocycles. The molecule has 0 bridgehead atoms. The van der Waals surface area contributed by atoms with Gasteiger partial charge in [-0.1, -0.05) is 30.3 Å². The van der Waals surface area contributed by atoms with E-state index >= 15 is 0 Å². The molecule has 0 aliphatic carbocycles. The molecule has 1 aromatic carbocycles. The fourth-order valence-corrected chi connectivity index (χ4v) is 1.32. The maximum Gasteiger partial charge on any atom is 0.261 e. The van der Waals surface area contributed by atoms with E-state index in [1.807, 2.05) is 6.07 Å². The van der Waals surface area contributed by atoms with Gasteiger partial charge in [-0.25, -0.2) is 0 Å². The van der Waals surface area contributed by atoms with Crippen molar-refractivity contribution in [3.8, 4) is 0 Å². The van der Waals surface area contributed by atoms with E-state index in [1.54, 1.807) is 24.3 Å². The average Bonchev–Trinajstić information content (AvgIpc) is 2.19. The average molecular weight is 211 g/mol. The second-order valence-corrected chi connectivity index (χ2v) is 3.29. The summed E-state index contributed by atoms with van der Waals surface area (Å²) in [6, 6.07) is 7.65. The molecule has 2 unspecified atom stereocenters. The first-order chi connectivity index (χ1) is 7.15. The first-order valence-electron chi connectivity index (χ1n) is 4.61. The van der Waals surface area contributed by atoms with Crippen molar-refractivity contribution in [2.75, 3.05) is 6.61 Å². The van der Waals surface area contributed by atoms with Crippen molar-refractivity contribution in [1.82, 2.24) is 0 Å². The second kappa shape index (κ2) is 5.43. The molecule has 0 heterocycles. The van der Waals surface area contributed by atoms with Crippen LogP contribution in [0.15, 0.2) is 30.3 Å². The molecule has 2 N–H and O–H groups in total. The van der Waals surface area contributed by atoms with Gasteiger partial charge in [0.05, 0.1) is 0 Å². The van der Waals surface area contributed by atoms with Crippen LogP contribution in [-0.2, 0) is 6.42 Å². The van der Waals surface area contributed by atoms with Crippen molar-refractivity contribution in [2.24, 2.45) is 0 Å². The lowest BCUT2D eigenvalue weighted by Gasteiger charge is -2.13. The summed E-state index contributed by atoms with van der Waals surface area (Å²) in [6.45, 7) is -0.652. The van der Waals surface area contributed by atoms with Crippen LogP contribution in [0.5, 0.6) is 0 Å². The maximum atomic E-state index is 10.4. The molecule has 0 radical (unpaired) electrons. The second-order valence-electron chi connectivity index (χ2n) is 3.29. The zero-order chi connectivity index (χ0) is 11.3. The van der Waals surface area contributed by atoms with Crippen molar-refractivity contribution in [2.45, 2.75) is 18.6 Å². The van der Waals surface area contributed by atoms with Gasteiger partial charge < -0.3 is 10.2 Å². The standard InChI is InChI=1S/C10H13NO4/c12-7-9(11(14)15)10(13)6-8-4-2-1-3-5-8/h1-5,9-10,12-13H,6-7H2. The summed E-state index contributed by atoms with van der Waals surface area (Å²) in [6.07, 6.45) is -0.986. The number of hydrogen-bond acceptors (Lipinski definition) is 4. The van der Waals surface area contributed by atoms with Gasteiger partial charge in [-0.3, -0.25) is 10.1 Å². The third kappa shape index (κ3) is 3.30. The molecular formula is C10H13NO4. The summed E-state index contributed by atoms with van der Waals surface area (Å²) < 4.78 is 0. The first-order valence-corrected chi connectivity index (χ1v) is 4.61. The van der Waals surface area contributed by atoms with Crippen LogP contribution in [0.1, 0.15) is 5.56 Å². The van der Waals surface area contributed by atoms with Crippen LogP contribution in [-0.4, -0.2) is 33.9 Å². The Balaban J connectivity index is 2.62. The van der Waals surface area contributed by atoms with Gasteiger partial charge in [0.25, 0.3) is 6.04 Å². The molecule has 0 spiro atoms. The van der Waals surface area contributed by atoms with E-state index < -0.39 is 23.7 Å². The number of aliphatic hydroxyl groups excluding tert-OH is 2. The minimum Gasteiger partial charge on any atom is -0.389 e. The Kier molecular flexibility index (Phi) is 4.20. The molecule has 0 amide bonds. The van der Waals surface area contributed by atoms with E-state index in [2.05, 4.69) is 0 Å². The smallest absolute Gasteiger partial charge is 0.261 e. The molecule has 15 heavy (non-hydrogen) atoms. The van der Waals surface area contributed by atoms with Gasteiger partial charge in [-0.05, 0) is 5.56 Å². The topological polar surface area (TPSA) is 83.6 Å². The van der Waals surface area contributed by atoms with E-state index in [4.69, 9.17) is 5.11 Å². The lowest BCUT2D eigenvalue weighted by molar-refractivity contribution is -0.537. The number of benzene rings is 1. The monoisotopic (exact) mass is 211 g/mol. The lowest BCUT2D eigenvalue weighted by Crippen LogP contribution is -2.38. The van der Waals surface area contributed by atoms with Crippen LogP contribution in [0, 0.1) is 10.1 Å². The summed E-state index contributed by atoms with van der Waals surface area (Å²) in [5.41, 5.74) is 0.810. The van der Waals surface area contributed by atoms with Crippen LogP contribution in [0.2, 0.25) is 0 Å². The maximum absolute atomic E-state index is 10.4. The Morgan fingerprint density at radius 2 is 1.93 bits per heavy atom. The number of nitrogens with zero attached hydrogens (tertiary/aromatic N) is 1. The normalized spacial score (nSPS) is 14.5. The van der Waals surface area contributed by atoms with Gasteiger partial charge in [0, 0.05) is 11.3 Å². The fraction of sp³-hybridized carbons (Fsp3) is 0.400. The molecule has 0 aliphatic rings. The summed E-state index contributed by atoms with van der Waals surface area (Å²) >= 11 is 0. The molecule has 82 valence electrons. The molecule has 1 rings (SSSR count). The van der Waals surface area contributed by atoms with E-state index in [0.29, 0.717) is 0 Å². The van der Waals surface area contributed by atoms with Gasteiger partial charge in [0.1, 0.15) is 12.7 Å². The van der Waals surface area contributed by atoms with E-state index in [1.165, 1.54) is 0 Å². The van der Waals surface area contributed by atoms with E-state index in [0.717, 1.165) is 5.56 Å². The zero-order valence-electron chi connectivity index (χ0n) is 8.11. The Bertz CT molecular complexity index is 314. The summed E-state index contributed by atoms with van der Waals surface area (Å²) in [5.74, 6) is 0. The number of aliphatic hydroxyl groups is 2. The van der Waals surface area contributed by atoms with Crippen molar-refractivity contribution in [3.05, 3.63) is 46.0 Å². The zero-order valence-corrected chi connectivity index (χ0v) is 8.11. The highest BCUT2D eigenvalue weighted by molar-refractivity contribution is 5.15. The third-order valence-electron chi connectivity index (χ3n) is 2.19. The predicted octanol–water partition coefficient (Wildman–Crippen LogP) is 0.228. The van der Waals surface area contributed by atoms with Crippen LogP contribution in [0.25, 0.3) is 0 Å². The van der Waals surface area contributed by atoms with Crippen molar-refractivity contribution >= 4 is 0 Å². The van der Waals surface area contributed by atoms with Gasteiger partial charge in [-0.2, -0.15) is 0 Å². The van der Waals surface area contributed by atoms with Crippen LogP contribution in [0.4, 0.5) is 0 Å². The SMILES string of the molecule is O=[N+]([O-])C(CO)C(O)Cc1ccccc1. The van der Waals surface area contributed by atoms with Crippen LogP contribution < -0.4 is 0 Å². The summed E-state index contributed by atoms with van der Waals surface area (Å²) in [4.78, 5) is 9.79. The van der Waals surface area contributed by atoms with Gasteiger partial charge >= 0.3 is 0 Å². The molecule has 5 nitrogen and oxygen atoms in total. The lowest BCUT2D eigenvalue weighted by atomic mass is 10.0. The van der Waals surface area contributed by atoms with Crippen molar-refractivity contribution in [1.29, 1.82) is 0 Å². The minimum atomic E-state index is -1.31. The summed E-state index contributed by atoms with van der Waals surface area (Å²) in [5, 5.41) is 28.7. The number of nitro groups is 1. The Hall–Kier alpha value is -1.46. The first kappa shape index (κ1) is 11.6. The van der Waals surface area contributed by atoms with Crippen LogP contribution in [0.3, 0.4) is 0 Å². The number of hydrogen-bond donors (Lipinski definition) is 2. The largest absolute Gasteiger partial charge is 0.389 e. The van der Waals surface area contributed by atoms with Gasteiger partial charge in [0.2, 0.25) is 0 Å². The quantitative estimate of drug-likeness (QED) is 0.539. The molecule has 0 saturated heterocycles. The minimum absolute atomic E-state index is 0.174. The highest BCUT2D eigenvalue weighted by Gasteiger charge is 2.28. The molecule has 1 aromatic rings. The number of rotatable bonds is 5. The summed E-state index contributed by atoms with van der Waals surface area (Å²) in [7, 11) is 0. The molecule has 2 atom stereocenters.